The van der Waals surface area contributed by atoms with Crippen LogP contribution in [-0.4, -0.2) is 64.7 Å². The van der Waals surface area contributed by atoms with Gasteiger partial charge in [-0.1, -0.05) is 61.0 Å². The second kappa shape index (κ2) is 14.7. The van der Waals surface area contributed by atoms with Gasteiger partial charge in [0.1, 0.15) is 24.1 Å². The zero-order chi connectivity index (χ0) is 30.0. The summed E-state index contributed by atoms with van der Waals surface area (Å²) < 4.78 is 37.8. The van der Waals surface area contributed by atoms with Gasteiger partial charge in [-0.05, 0) is 41.8 Å². The van der Waals surface area contributed by atoms with Crippen LogP contribution in [0.2, 0.25) is 5.02 Å². The summed E-state index contributed by atoms with van der Waals surface area (Å²) in [4.78, 5) is 29.1. The lowest BCUT2D eigenvalue weighted by Gasteiger charge is -2.33. The number of hydrogen-bond donors (Lipinski definition) is 1. The van der Waals surface area contributed by atoms with E-state index in [0.717, 1.165) is 21.7 Å². The molecule has 0 fully saturated rings. The van der Waals surface area contributed by atoms with E-state index in [2.05, 4.69) is 5.32 Å². The van der Waals surface area contributed by atoms with Crippen LogP contribution in [0.1, 0.15) is 24.5 Å². The highest BCUT2D eigenvalue weighted by atomic mass is 35.5. The van der Waals surface area contributed by atoms with Crippen molar-refractivity contribution in [2.24, 2.45) is 0 Å². The summed E-state index contributed by atoms with van der Waals surface area (Å²) in [5.41, 5.74) is 1.73. The van der Waals surface area contributed by atoms with Crippen molar-refractivity contribution in [1.29, 1.82) is 0 Å². The average Bonchev–Trinajstić information content (AvgIpc) is 2.96. The molecule has 0 aliphatic heterocycles. The topological polar surface area (TPSA) is 105 Å². The molecular formula is C30H36ClN3O6S. The number of carbonyl (C=O) groups excluding carboxylic acids is 2. The molecule has 0 spiro atoms. The lowest BCUT2D eigenvalue weighted by Crippen LogP contribution is -2.53. The van der Waals surface area contributed by atoms with Gasteiger partial charge in [0.15, 0.2) is 0 Å². The molecular weight excluding hydrogens is 566 g/mol. The van der Waals surface area contributed by atoms with Crippen LogP contribution in [0.25, 0.3) is 0 Å². The Kier molecular flexibility index (Phi) is 11.4. The van der Waals surface area contributed by atoms with E-state index in [-0.39, 0.29) is 30.3 Å². The van der Waals surface area contributed by atoms with Gasteiger partial charge in [-0.2, -0.15) is 0 Å². The van der Waals surface area contributed by atoms with E-state index < -0.39 is 28.5 Å². The van der Waals surface area contributed by atoms with Crippen molar-refractivity contribution in [2.75, 3.05) is 37.9 Å². The molecule has 1 N–H and O–H groups in total. The van der Waals surface area contributed by atoms with Crippen LogP contribution < -0.4 is 19.1 Å². The Labute approximate surface area is 247 Å². The fourth-order valence-corrected chi connectivity index (χ4v) is 5.26. The number of nitrogens with one attached hydrogen (secondary N) is 1. The minimum atomic E-state index is -3.97. The van der Waals surface area contributed by atoms with Crippen LogP contribution in [0.4, 0.5) is 5.69 Å². The first-order valence-electron chi connectivity index (χ1n) is 13.1. The summed E-state index contributed by atoms with van der Waals surface area (Å²) in [6, 6.07) is 20.1. The summed E-state index contributed by atoms with van der Waals surface area (Å²) in [5, 5.41) is 3.44. The van der Waals surface area contributed by atoms with E-state index in [1.807, 2.05) is 37.3 Å². The minimum Gasteiger partial charge on any atom is -0.497 e. The number of ether oxygens (including phenoxy) is 2. The van der Waals surface area contributed by atoms with E-state index in [4.69, 9.17) is 21.1 Å². The molecule has 0 heterocycles. The van der Waals surface area contributed by atoms with Crippen molar-refractivity contribution in [3.63, 3.8) is 0 Å². The highest BCUT2D eigenvalue weighted by Crippen LogP contribution is 2.34. The molecule has 3 rings (SSSR count). The normalized spacial score (nSPS) is 11.8. The van der Waals surface area contributed by atoms with Gasteiger partial charge >= 0.3 is 0 Å². The van der Waals surface area contributed by atoms with Crippen molar-refractivity contribution in [2.45, 2.75) is 32.4 Å². The Morgan fingerprint density at radius 1 is 0.951 bits per heavy atom. The molecule has 1 atom stereocenters. The highest BCUT2D eigenvalue weighted by Gasteiger charge is 2.33. The molecule has 0 saturated carbocycles. The highest BCUT2D eigenvalue weighted by molar-refractivity contribution is 7.92. The SMILES string of the molecule is CCCNC(=O)[C@H](Cc1ccccc1)N(Cc1ccc(Cl)cc1)C(=O)CN(c1cc(OC)ccc1OC)S(C)(=O)=O. The molecule has 0 bridgehead atoms. The second-order valence-corrected chi connectivity index (χ2v) is 11.8. The summed E-state index contributed by atoms with van der Waals surface area (Å²) in [5.74, 6) is -0.263. The van der Waals surface area contributed by atoms with E-state index >= 15 is 0 Å². The van der Waals surface area contributed by atoms with E-state index in [0.29, 0.717) is 23.7 Å². The summed E-state index contributed by atoms with van der Waals surface area (Å²) in [6.45, 7) is 1.86. The third-order valence-corrected chi connectivity index (χ3v) is 7.80. The molecule has 11 heteroatoms. The third-order valence-electron chi connectivity index (χ3n) is 6.42. The Morgan fingerprint density at radius 2 is 1.63 bits per heavy atom. The molecule has 0 radical (unpaired) electrons. The monoisotopic (exact) mass is 601 g/mol. The van der Waals surface area contributed by atoms with Crippen molar-refractivity contribution in [1.82, 2.24) is 10.2 Å². The smallest absolute Gasteiger partial charge is 0.244 e. The largest absolute Gasteiger partial charge is 0.497 e. The maximum Gasteiger partial charge on any atom is 0.244 e. The standard InChI is InChI=1S/C30H36ClN3O6S/c1-5-17-32-30(36)27(18-22-9-7-6-8-10-22)33(20-23-11-13-24(31)14-12-23)29(35)21-34(41(4,37)38)26-19-25(39-2)15-16-28(26)40-3/h6-16,19,27H,5,17-18,20-21H2,1-4H3,(H,32,36)/t27-/m0/s1. The quantitative estimate of drug-likeness (QED) is 0.296. The van der Waals surface area contributed by atoms with Crippen LogP contribution in [0, 0.1) is 0 Å². The zero-order valence-corrected chi connectivity index (χ0v) is 25.2. The number of sulfonamides is 1. The molecule has 0 unspecified atom stereocenters. The molecule has 41 heavy (non-hydrogen) atoms. The third kappa shape index (κ3) is 8.86. The van der Waals surface area contributed by atoms with Crippen LogP contribution in [-0.2, 0) is 32.6 Å². The maximum absolute atomic E-state index is 14.2. The second-order valence-electron chi connectivity index (χ2n) is 9.45. The predicted octanol–water partition coefficient (Wildman–Crippen LogP) is 4.29. The first-order valence-corrected chi connectivity index (χ1v) is 15.3. The lowest BCUT2D eigenvalue weighted by molar-refractivity contribution is -0.140. The maximum atomic E-state index is 14.2. The van der Waals surface area contributed by atoms with Gasteiger partial charge in [0.25, 0.3) is 0 Å². The number of benzene rings is 3. The number of amides is 2. The zero-order valence-electron chi connectivity index (χ0n) is 23.7. The van der Waals surface area contributed by atoms with Crippen molar-refractivity contribution in [3.05, 3.63) is 88.9 Å². The Morgan fingerprint density at radius 3 is 2.22 bits per heavy atom. The Balaban J connectivity index is 2.09. The van der Waals surface area contributed by atoms with Gasteiger partial charge in [0.05, 0.1) is 26.2 Å². The van der Waals surface area contributed by atoms with Gasteiger partial charge in [-0.25, -0.2) is 8.42 Å². The summed E-state index contributed by atoms with van der Waals surface area (Å²) in [6.07, 6.45) is 1.96. The van der Waals surface area contributed by atoms with Crippen LogP contribution >= 0.6 is 11.6 Å². The Bertz CT molecular complexity index is 1420. The fourth-order valence-electron chi connectivity index (χ4n) is 4.29. The first kappa shape index (κ1) is 31.8. The number of rotatable bonds is 14. The van der Waals surface area contributed by atoms with Gasteiger partial charge in [-0.3, -0.25) is 13.9 Å². The lowest BCUT2D eigenvalue weighted by atomic mass is 10.0. The number of nitrogens with zero attached hydrogens (tertiary/aromatic N) is 2. The summed E-state index contributed by atoms with van der Waals surface area (Å²) in [7, 11) is -1.10. The van der Waals surface area contributed by atoms with Gasteiger partial charge in [-0.15, -0.1) is 0 Å². The first-order chi connectivity index (χ1) is 19.6. The van der Waals surface area contributed by atoms with Gasteiger partial charge in [0.2, 0.25) is 21.8 Å². The number of anilines is 1. The van der Waals surface area contributed by atoms with Crippen LogP contribution in [0.5, 0.6) is 11.5 Å². The molecule has 0 aliphatic carbocycles. The van der Waals surface area contributed by atoms with E-state index in [9.17, 15) is 18.0 Å². The summed E-state index contributed by atoms with van der Waals surface area (Å²) >= 11 is 6.09. The van der Waals surface area contributed by atoms with E-state index in [1.165, 1.54) is 25.2 Å². The molecule has 0 aliphatic rings. The molecule has 220 valence electrons. The van der Waals surface area contributed by atoms with Crippen LogP contribution in [0.3, 0.4) is 0 Å². The molecule has 2 amide bonds. The number of carbonyl (C=O) groups is 2. The number of halogens is 1. The molecule has 0 aromatic heterocycles. The minimum absolute atomic E-state index is 0.0555. The van der Waals surface area contributed by atoms with Crippen molar-refractivity contribution >= 4 is 39.1 Å². The fraction of sp³-hybridized carbons (Fsp3) is 0.333. The predicted molar refractivity (Wildman–Crippen MR) is 161 cm³/mol. The van der Waals surface area contributed by atoms with Gasteiger partial charge < -0.3 is 19.7 Å². The molecule has 3 aromatic carbocycles. The molecule has 9 nitrogen and oxygen atoms in total. The van der Waals surface area contributed by atoms with E-state index in [1.54, 1.807) is 36.4 Å². The molecule has 3 aromatic rings. The van der Waals surface area contributed by atoms with Crippen molar-refractivity contribution < 1.29 is 27.5 Å². The van der Waals surface area contributed by atoms with Gasteiger partial charge in [0, 0.05) is 30.6 Å². The number of methoxy groups -OCH3 is 2. The number of hydrogen-bond acceptors (Lipinski definition) is 6. The average molecular weight is 602 g/mol. The Hall–Kier alpha value is -3.76. The molecule has 0 saturated heterocycles. The van der Waals surface area contributed by atoms with Crippen LogP contribution in [0.15, 0.2) is 72.8 Å². The van der Waals surface area contributed by atoms with Crippen molar-refractivity contribution in [3.8, 4) is 11.5 Å².